The van der Waals surface area contributed by atoms with E-state index in [4.69, 9.17) is 4.74 Å². The van der Waals surface area contributed by atoms with E-state index in [9.17, 15) is 0 Å². The van der Waals surface area contributed by atoms with Gasteiger partial charge < -0.3 is 10.1 Å². The van der Waals surface area contributed by atoms with Gasteiger partial charge >= 0.3 is 0 Å². The van der Waals surface area contributed by atoms with Crippen LogP contribution >= 0.6 is 0 Å². The van der Waals surface area contributed by atoms with Gasteiger partial charge in [0.05, 0.1) is 6.61 Å². The summed E-state index contributed by atoms with van der Waals surface area (Å²) in [7, 11) is 2.10. The molecule has 2 unspecified atom stereocenters. The van der Waals surface area contributed by atoms with E-state index in [1.165, 1.54) is 12.8 Å². The van der Waals surface area contributed by atoms with Crippen LogP contribution in [0.3, 0.4) is 0 Å². The third-order valence-corrected chi connectivity index (χ3v) is 4.22. The second kappa shape index (κ2) is 6.72. The molecule has 0 saturated heterocycles. The number of hydrogen-bond donors (Lipinski definition) is 1. The van der Waals surface area contributed by atoms with Gasteiger partial charge in [0.2, 0.25) is 0 Å². The topological polar surface area (TPSA) is 24.5 Å². The minimum Gasteiger partial charge on any atom is -0.380 e. The van der Waals surface area contributed by atoms with Crippen molar-refractivity contribution >= 4 is 0 Å². The van der Waals surface area contributed by atoms with Crippen molar-refractivity contribution in [1.82, 2.24) is 10.2 Å². The van der Waals surface area contributed by atoms with Crippen molar-refractivity contribution in [1.29, 1.82) is 0 Å². The van der Waals surface area contributed by atoms with Gasteiger partial charge in [0.1, 0.15) is 0 Å². The number of ether oxygens (including phenoxy) is 1. The van der Waals surface area contributed by atoms with E-state index in [0.717, 1.165) is 26.3 Å². The molecule has 0 aromatic heterocycles. The number of rotatable bonds is 7. The van der Waals surface area contributed by atoms with Crippen molar-refractivity contribution in [2.45, 2.75) is 52.6 Å². The fourth-order valence-corrected chi connectivity index (χ4v) is 3.22. The number of hydrogen-bond acceptors (Lipinski definition) is 3. The Morgan fingerprint density at radius 2 is 2.06 bits per heavy atom. The molecule has 1 aliphatic carbocycles. The van der Waals surface area contributed by atoms with Gasteiger partial charge in [-0.3, -0.25) is 4.90 Å². The maximum absolute atomic E-state index is 5.48. The first kappa shape index (κ1) is 14.9. The van der Waals surface area contributed by atoms with Crippen LogP contribution in [-0.2, 0) is 4.74 Å². The molecular weight excluding hydrogens is 212 g/mol. The van der Waals surface area contributed by atoms with Crippen LogP contribution in [0.4, 0.5) is 0 Å². The normalized spacial score (nSPS) is 27.9. The average Bonchev–Trinajstić information content (AvgIpc) is 2.60. The SMILES string of the molecule is CCOCCN(CC)C1CCC(C)(C)C1NC. The number of likely N-dealkylation sites (N-methyl/N-ethyl adjacent to an activating group) is 2. The van der Waals surface area contributed by atoms with Gasteiger partial charge in [-0.2, -0.15) is 0 Å². The van der Waals surface area contributed by atoms with Crippen molar-refractivity contribution in [3.05, 3.63) is 0 Å². The van der Waals surface area contributed by atoms with Crippen LogP contribution in [0.15, 0.2) is 0 Å². The van der Waals surface area contributed by atoms with Crippen molar-refractivity contribution in [3.63, 3.8) is 0 Å². The molecule has 2 atom stereocenters. The zero-order valence-corrected chi connectivity index (χ0v) is 12.3. The van der Waals surface area contributed by atoms with E-state index in [1.54, 1.807) is 0 Å². The summed E-state index contributed by atoms with van der Waals surface area (Å²) in [6.45, 7) is 12.9. The number of nitrogens with one attached hydrogen (secondary N) is 1. The summed E-state index contributed by atoms with van der Waals surface area (Å²) in [5.74, 6) is 0. The highest BCUT2D eigenvalue weighted by molar-refractivity contribution is 5.00. The third kappa shape index (κ3) is 3.67. The first-order chi connectivity index (χ1) is 8.06. The quantitative estimate of drug-likeness (QED) is 0.692. The molecule has 17 heavy (non-hydrogen) atoms. The lowest BCUT2D eigenvalue weighted by Crippen LogP contribution is -2.51. The van der Waals surface area contributed by atoms with Crippen LogP contribution in [0.2, 0.25) is 0 Å². The van der Waals surface area contributed by atoms with E-state index in [0.29, 0.717) is 17.5 Å². The molecule has 3 nitrogen and oxygen atoms in total. The molecule has 3 heteroatoms. The summed E-state index contributed by atoms with van der Waals surface area (Å²) in [4.78, 5) is 2.57. The smallest absolute Gasteiger partial charge is 0.0593 e. The lowest BCUT2D eigenvalue weighted by molar-refractivity contribution is 0.0847. The Morgan fingerprint density at radius 3 is 2.59 bits per heavy atom. The summed E-state index contributed by atoms with van der Waals surface area (Å²) in [5, 5.41) is 3.53. The molecule has 1 N–H and O–H groups in total. The lowest BCUT2D eigenvalue weighted by Gasteiger charge is -2.36. The van der Waals surface area contributed by atoms with Gasteiger partial charge in [-0.25, -0.2) is 0 Å². The van der Waals surface area contributed by atoms with Crippen LogP contribution in [0.1, 0.15) is 40.5 Å². The van der Waals surface area contributed by atoms with Crippen molar-refractivity contribution in [3.8, 4) is 0 Å². The molecule has 0 spiro atoms. The van der Waals surface area contributed by atoms with Gasteiger partial charge in [-0.05, 0) is 38.8 Å². The Balaban J connectivity index is 2.56. The molecule has 0 aromatic rings. The first-order valence-electron chi connectivity index (χ1n) is 7.05. The van der Waals surface area contributed by atoms with Crippen LogP contribution in [0, 0.1) is 5.41 Å². The standard InChI is InChI=1S/C14H30N2O/c1-6-16(10-11-17-7-2)12-8-9-14(3,4)13(12)15-5/h12-13,15H,6-11H2,1-5H3. The van der Waals surface area contributed by atoms with Crippen LogP contribution in [0.25, 0.3) is 0 Å². The highest BCUT2D eigenvalue weighted by Crippen LogP contribution is 2.39. The molecule has 0 bridgehead atoms. The largest absolute Gasteiger partial charge is 0.380 e. The van der Waals surface area contributed by atoms with Gasteiger partial charge in [0.25, 0.3) is 0 Å². The minimum absolute atomic E-state index is 0.415. The fourth-order valence-electron chi connectivity index (χ4n) is 3.22. The fraction of sp³-hybridized carbons (Fsp3) is 1.00. The molecule has 0 aromatic carbocycles. The Morgan fingerprint density at radius 1 is 1.35 bits per heavy atom. The Bertz CT molecular complexity index is 218. The molecule has 1 aliphatic rings. The molecule has 1 rings (SSSR count). The molecule has 1 saturated carbocycles. The Hall–Kier alpha value is -0.120. The van der Waals surface area contributed by atoms with E-state index in [-0.39, 0.29) is 0 Å². The van der Waals surface area contributed by atoms with Crippen molar-refractivity contribution < 1.29 is 4.74 Å². The van der Waals surface area contributed by atoms with Gasteiger partial charge in [-0.1, -0.05) is 20.8 Å². The second-order valence-corrected chi connectivity index (χ2v) is 5.69. The molecule has 1 fully saturated rings. The first-order valence-corrected chi connectivity index (χ1v) is 7.05. The van der Waals surface area contributed by atoms with Crippen molar-refractivity contribution in [2.24, 2.45) is 5.41 Å². The Labute approximate surface area is 107 Å². The van der Waals surface area contributed by atoms with Crippen molar-refractivity contribution in [2.75, 3.05) is 33.4 Å². The third-order valence-electron chi connectivity index (χ3n) is 4.22. The monoisotopic (exact) mass is 242 g/mol. The maximum atomic E-state index is 5.48. The van der Waals surface area contributed by atoms with Gasteiger partial charge in [-0.15, -0.1) is 0 Å². The molecule has 0 heterocycles. The summed E-state index contributed by atoms with van der Waals surface area (Å²) in [5.41, 5.74) is 0.415. The predicted molar refractivity (Wildman–Crippen MR) is 73.4 cm³/mol. The molecule has 0 aliphatic heterocycles. The number of nitrogens with zero attached hydrogens (tertiary/aromatic N) is 1. The van der Waals surface area contributed by atoms with E-state index >= 15 is 0 Å². The highest BCUT2D eigenvalue weighted by atomic mass is 16.5. The molecule has 0 radical (unpaired) electrons. The predicted octanol–water partition coefficient (Wildman–Crippen LogP) is 2.12. The second-order valence-electron chi connectivity index (χ2n) is 5.69. The summed E-state index contributed by atoms with van der Waals surface area (Å²) >= 11 is 0. The highest BCUT2D eigenvalue weighted by Gasteiger charge is 2.42. The van der Waals surface area contributed by atoms with Crippen LogP contribution in [0.5, 0.6) is 0 Å². The van der Waals surface area contributed by atoms with E-state index in [2.05, 4.69) is 45.0 Å². The van der Waals surface area contributed by atoms with E-state index < -0.39 is 0 Å². The summed E-state index contributed by atoms with van der Waals surface area (Å²) in [6.07, 6.45) is 2.62. The van der Waals surface area contributed by atoms with Crippen LogP contribution < -0.4 is 5.32 Å². The minimum atomic E-state index is 0.415. The van der Waals surface area contributed by atoms with E-state index in [1.807, 2.05) is 0 Å². The molecular formula is C14H30N2O. The van der Waals surface area contributed by atoms with Crippen LogP contribution in [-0.4, -0.2) is 50.3 Å². The summed E-state index contributed by atoms with van der Waals surface area (Å²) in [6, 6.07) is 1.27. The zero-order valence-electron chi connectivity index (χ0n) is 12.3. The maximum Gasteiger partial charge on any atom is 0.0593 e. The molecule has 102 valence electrons. The Kier molecular flexibility index (Phi) is 5.90. The molecule has 0 amide bonds. The summed E-state index contributed by atoms with van der Waals surface area (Å²) < 4.78 is 5.48. The van der Waals surface area contributed by atoms with Gasteiger partial charge in [0.15, 0.2) is 0 Å². The average molecular weight is 242 g/mol. The van der Waals surface area contributed by atoms with Gasteiger partial charge in [0, 0.05) is 25.2 Å². The zero-order chi connectivity index (χ0) is 12.9. The lowest BCUT2D eigenvalue weighted by atomic mass is 9.86.